The zero-order valence-corrected chi connectivity index (χ0v) is 12.0. The molecular formula is C15H29N. The van der Waals surface area contributed by atoms with E-state index >= 15 is 0 Å². The summed E-state index contributed by atoms with van der Waals surface area (Å²) >= 11 is 0. The van der Waals surface area contributed by atoms with E-state index in [1.165, 1.54) is 5.71 Å². The summed E-state index contributed by atoms with van der Waals surface area (Å²) in [6.45, 7) is 18.4. The minimum Gasteiger partial charge on any atom is -0.294 e. The molecule has 0 spiro atoms. The fourth-order valence-corrected chi connectivity index (χ4v) is 1.92. The molecular weight excluding hydrogens is 194 g/mol. The topological polar surface area (TPSA) is 12.4 Å². The average Bonchev–Trinajstić information content (AvgIpc) is 2.21. The van der Waals surface area contributed by atoms with E-state index in [4.69, 9.17) is 4.99 Å². The summed E-state index contributed by atoms with van der Waals surface area (Å²) < 4.78 is 0. The van der Waals surface area contributed by atoms with Crippen LogP contribution in [0.15, 0.2) is 17.6 Å². The molecule has 2 unspecified atom stereocenters. The van der Waals surface area contributed by atoms with E-state index < -0.39 is 0 Å². The SMILES string of the molecule is C=CCCN=C(CC)C(C)C(C)C(C)(C)C. The molecule has 0 rings (SSSR count). The van der Waals surface area contributed by atoms with Gasteiger partial charge in [-0.05, 0) is 30.1 Å². The third-order valence-electron chi connectivity index (χ3n) is 3.65. The Kier molecular flexibility index (Phi) is 6.62. The molecule has 0 saturated heterocycles. The third-order valence-corrected chi connectivity index (χ3v) is 3.65. The van der Waals surface area contributed by atoms with Crippen molar-refractivity contribution < 1.29 is 0 Å². The first-order valence-corrected chi connectivity index (χ1v) is 6.48. The van der Waals surface area contributed by atoms with E-state index in [1.807, 2.05) is 6.08 Å². The van der Waals surface area contributed by atoms with Gasteiger partial charge in [0.05, 0.1) is 0 Å². The zero-order valence-electron chi connectivity index (χ0n) is 12.0. The summed E-state index contributed by atoms with van der Waals surface area (Å²) in [5.74, 6) is 1.24. The molecule has 0 bridgehead atoms. The summed E-state index contributed by atoms with van der Waals surface area (Å²) in [5.41, 5.74) is 1.72. The Morgan fingerprint density at radius 3 is 2.25 bits per heavy atom. The lowest BCUT2D eigenvalue weighted by Crippen LogP contribution is -2.29. The second kappa shape index (κ2) is 6.88. The normalized spacial score (nSPS) is 17.0. The van der Waals surface area contributed by atoms with Gasteiger partial charge in [0.2, 0.25) is 0 Å². The molecule has 0 aliphatic carbocycles. The highest BCUT2D eigenvalue weighted by Gasteiger charge is 2.27. The van der Waals surface area contributed by atoms with Crippen LogP contribution >= 0.6 is 0 Å². The quantitative estimate of drug-likeness (QED) is 0.350. The Labute approximate surface area is 102 Å². The lowest BCUT2D eigenvalue weighted by Gasteiger charge is -2.33. The van der Waals surface area contributed by atoms with Crippen LogP contribution in [0.2, 0.25) is 0 Å². The van der Waals surface area contributed by atoms with E-state index in [0.717, 1.165) is 19.4 Å². The first kappa shape index (κ1) is 15.4. The van der Waals surface area contributed by atoms with Gasteiger partial charge in [0.25, 0.3) is 0 Å². The molecule has 0 radical (unpaired) electrons. The van der Waals surface area contributed by atoms with Crippen LogP contribution < -0.4 is 0 Å². The van der Waals surface area contributed by atoms with Crippen molar-refractivity contribution in [1.29, 1.82) is 0 Å². The fourth-order valence-electron chi connectivity index (χ4n) is 1.92. The molecule has 0 amide bonds. The Balaban J connectivity index is 4.58. The van der Waals surface area contributed by atoms with Crippen LogP contribution in [-0.4, -0.2) is 12.3 Å². The van der Waals surface area contributed by atoms with Gasteiger partial charge in [0, 0.05) is 12.3 Å². The standard InChI is InChI=1S/C15H29N/c1-8-10-11-16-14(9-2)12(3)13(4)15(5,6)7/h8,12-13H,1,9-11H2,2-7H3. The largest absolute Gasteiger partial charge is 0.294 e. The molecule has 0 aliphatic rings. The van der Waals surface area contributed by atoms with Crippen LogP contribution in [0.5, 0.6) is 0 Å². The molecule has 0 saturated carbocycles. The van der Waals surface area contributed by atoms with E-state index in [1.54, 1.807) is 0 Å². The molecule has 0 aromatic carbocycles. The molecule has 0 aliphatic heterocycles. The van der Waals surface area contributed by atoms with Gasteiger partial charge in [-0.2, -0.15) is 0 Å². The van der Waals surface area contributed by atoms with Crippen molar-refractivity contribution in [3.05, 3.63) is 12.7 Å². The highest BCUT2D eigenvalue weighted by atomic mass is 14.7. The predicted molar refractivity (Wildman–Crippen MR) is 75.2 cm³/mol. The van der Waals surface area contributed by atoms with Crippen molar-refractivity contribution >= 4 is 5.71 Å². The molecule has 1 nitrogen and oxygen atoms in total. The Hall–Kier alpha value is -0.590. The summed E-state index contributed by atoms with van der Waals surface area (Å²) in [7, 11) is 0. The maximum atomic E-state index is 4.71. The summed E-state index contributed by atoms with van der Waals surface area (Å²) in [6, 6.07) is 0. The van der Waals surface area contributed by atoms with Crippen LogP contribution in [0.25, 0.3) is 0 Å². The number of nitrogens with zero attached hydrogens (tertiary/aromatic N) is 1. The molecule has 0 fully saturated rings. The fraction of sp³-hybridized carbons (Fsp3) is 0.800. The van der Waals surface area contributed by atoms with Gasteiger partial charge in [-0.25, -0.2) is 0 Å². The lowest BCUT2D eigenvalue weighted by molar-refractivity contribution is 0.223. The lowest BCUT2D eigenvalue weighted by atomic mass is 9.73. The Morgan fingerprint density at radius 2 is 1.88 bits per heavy atom. The van der Waals surface area contributed by atoms with E-state index in [9.17, 15) is 0 Å². The van der Waals surface area contributed by atoms with Gasteiger partial charge in [0.15, 0.2) is 0 Å². The van der Waals surface area contributed by atoms with Crippen LogP contribution in [0.1, 0.15) is 54.4 Å². The maximum absolute atomic E-state index is 4.71. The second-order valence-electron chi connectivity index (χ2n) is 5.75. The molecule has 0 N–H and O–H groups in total. The van der Waals surface area contributed by atoms with E-state index in [0.29, 0.717) is 17.3 Å². The minimum absolute atomic E-state index is 0.355. The Morgan fingerprint density at radius 1 is 1.31 bits per heavy atom. The molecule has 94 valence electrons. The highest BCUT2D eigenvalue weighted by Crippen LogP contribution is 2.32. The number of aliphatic imine (C=N–C) groups is 1. The van der Waals surface area contributed by atoms with Crippen LogP contribution in [0.4, 0.5) is 0 Å². The van der Waals surface area contributed by atoms with Gasteiger partial charge in [-0.15, -0.1) is 6.58 Å². The van der Waals surface area contributed by atoms with Crippen LogP contribution in [-0.2, 0) is 0 Å². The van der Waals surface area contributed by atoms with Gasteiger partial charge in [-0.1, -0.05) is 47.6 Å². The van der Waals surface area contributed by atoms with Crippen LogP contribution in [0.3, 0.4) is 0 Å². The molecule has 2 atom stereocenters. The monoisotopic (exact) mass is 223 g/mol. The van der Waals surface area contributed by atoms with Crippen molar-refractivity contribution in [2.24, 2.45) is 22.2 Å². The number of rotatable bonds is 6. The third kappa shape index (κ3) is 4.96. The molecule has 16 heavy (non-hydrogen) atoms. The van der Waals surface area contributed by atoms with E-state index in [-0.39, 0.29) is 0 Å². The summed E-state index contributed by atoms with van der Waals surface area (Å²) in [5, 5.41) is 0. The van der Waals surface area contributed by atoms with Gasteiger partial charge in [0.1, 0.15) is 0 Å². The number of hydrogen-bond donors (Lipinski definition) is 0. The van der Waals surface area contributed by atoms with Gasteiger partial charge < -0.3 is 0 Å². The average molecular weight is 223 g/mol. The van der Waals surface area contributed by atoms with Crippen molar-refractivity contribution in [1.82, 2.24) is 0 Å². The molecule has 1 heteroatoms. The first-order valence-electron chi connectivity index (χ1n) is 6.48. The van der Waals surface area contributed by atoms with Gasteiger partial charge >= 0.3 is 0 Å². The molecule has 0 aromatic heterocycles. The molecule has 0 heterocycles. The Bertz CT molecular complexity index is 232. The minimum atomic E-state index is 0.355. The maximum Gasteiger partial charge on any atom is 0.0423 e. The second-order valence-corrected chi connectivity index (χ2v) is 5.75. The summed E-state index contributed by atoms with van der Waals surface area (Å²) in [6.07, 6.45) is 3.99. The summed E-state index contributed by atoms with van der Waals surface area (Å²) in [4.78, 5) is 4.71. The zero-order chi connectivity index (χ0) is 12.8. The number of hydrogen-bond acceptors (Lipinski definition) is 1. The smallest absolute Gasteiger partial charge is 0.0423 e. The van der Waals surface area contributed by atoms with Crippen molar-refractivity contribution in [3.8, 4) is 0 Å². The van der Waals surface area contributed by atoms with Crippen molar-refractivity contribution in [2.45, 2.75) is 54.4 Å². The highest BCUT2D eigenvalue weighted by molar-refractivity contribution is 5.86. The van der Waals surface area contributed by atoms with Crippen LogP contribution in [0, 0.1) is 17.3 Å². The van der Waals surface area contributed by atoms with Gasteiger partial charge in [-0.3, -0.25) is 4.99 Å². The first-order chi connectivity index (χ1) is 7.34. The van der Waals surface area contributed by atoms with Crippen molar-refractivity contribution in [3.63, 3.8) is 0 Å². The molecule has 0 aromatic rings. The predicted octanol–water partition coefficient (Wildman–Crippen LogP) is 4.73. The van der Waals surface area contributed by atoms with Crippen molar-refractivity contribution in [2.75, 3.05) is 6.54 Å². The van der Waals surface area contributed by atoms with E-state index in [2.05, 4.69) is 48.1 Å².